The Morgan fingerprint density at radius 1 is 1.19 bits per heavy atom. The van der Waals surface area contributed by atoms with Crippen molar-refractivity contribution in [3.8, 4) is 16.9 Å². The Morgan fingerprint density at radius 2 is 1.88 bits per heavy atom. The molecule has 2 aromatic rings. The maximum absolute atomic E-state index is 12.2. The average Bonchev–Trinajstić information content (AvgIpc) is 2.63. The van der Waals surface area contributed by atoms with E-state index in [4.69, 9.17) is 5.11 Å². The highest BCUT2D eigenvalue weighted by atomic mass is 19.3. The molecule has 0 spiro atoms. The fourth-order valence-electron chi connectivity index (χ4n) is 2.27. The molecule has 134 valence electrons. The predicted octanol–water partition coefficient (Wildman–Crippen LogP) is 2.61. The molecule has 0 saturated carbocycles. The van der Waals surface area contributed by atoms with Crippen LogP contribution in [0.15, 0.2) is 60.2 Å². The molecule has 9 heteroatoms. The van der Waals surface area contributed by atoms with Gasteiger partial charge in [-0.2, -0.15) is 8.78 Å². The Balaban J connectivity index is 1.69. The zero-order valence-corrected chi connectivity index (χ0v) is 13.3. The summed E-state index contributed by atoms with van der Waals surface area (Å²) < 4.78 is 28.6. The topological polar surface area (TPSA) is 96.4 Å². The van der Waals surface area contributed by atoms with Gasteiger partial charge in [0.25, 0.3) is 0 Å². The van der Waals surface area contributed by atoms with Crippen LogP contribution >= 0.6 is 0 Å². The first-order valence-corrected chi connectivity index (χ1v) is 7.53. The number of halogens is 2. The van der Waals surface area contributed by atoms with Crippen molar-refractivity contribution in [2.75, 3.05) is 11.9 Å². The standard InChI is InChI=1S/C17H14F2N4O3/c18-16(19)26-14-3-1-10(2-4-14)12-7-21-17(22-8-12)23-13-5-11(15(24)25)6-20-9-13/h1-8,16,20H,9H2,(H,24,25)(H,21,22,23). The maximum Gasteiger partial charge on any atom is 0.387 e. The Morgan fingerprint density at radius 3 is 2.50 bits per heavy atom. The molecule has 2 heterocycles. The predicted molar refractivity (Wildman–Crippen MR) is 89.5 cm³/mol. The first-order valence-electron chi connectivity index (χ1n) is 7.53. The molecule has 1 aromatic heterocycles. The molecule has 3 N–H and O–H groups in total. The van der Waals surface area contributed by atoms with Crippen LogP contribution in [0.2, 0.25) is 0 Å². The van der Waals surface area contributed by atoms with E-state index in [9.17, 15) is 13.6 Å². The number of dihydropyridines is 1. The van der Waals surface area contributed by atoms with Crippen molar-refractivity contribution in [2.24, 2.45) is 0 Å². The molecule has 0 saturated heterocycles. The molecule has 26 heavy (non-hydrogen) atoms. The van der Waals surface area contributed by atoms with Crippen molar-refractivity contribution >= 4 is 11.9 Å². The van der Waals surface area contributed by atoms with Crippen LogP contribution in [0.3, 0.4) is 0 Å². The van der Waals surface area contributed by atoms with Crippen LogP contribution in [0.4, 0.5) is 14.7 Å². The van der Waals surface area contributed by atoms with Gasteiger partial charge in [-0.05, 0) is 23.8 Å². The van der Waals surface area contributed by atoms with E-state index in [0.717, 1.165) is 5.56 Å². The van der Waals surface area contributed by atoms with E-state index in [1.807, 2.05) is 0 Å². The summed E-state index contributed by atoms with van der Waals surface area (Å²) in [4.78, 5) is 19.3. The molecule has 0 fully saturated rings. The highest BCUT2D eigenvalue weighted by molar-refractivity contribution is 5.90. The summed E-state index contributed by atoms with van der Waals surface area (Å²) in [5.74, 6) is -0.653. The molecule has 1 aromatic carbocycles. The van der Waals surface area contributed by atoms with Gasteiger partial charge >= 0.3 is 12.6 Å². The third kappa shape index (κ3) is 4.32. The lowest BCUT2D eigenvalue weighted by atomic mass is 10.1. The van der Waals surface area contributed by atoms with E-state index in [0.29, 0.717) is 23.8 Å². The fourth-order valence-corrected chi connectivity index (χ4v) is 2.27. The number of carboxylic acids is 1. The monoisotopic (exact) mass is 360 g/mol. The number of aromatic nitrogens is 2. The second-order valence-corrected chi connectivity index (χ2v) is 5.28. The van der Waals surface area contributed by atoms with Crippen molar-refractivity contribution in [1.29, 1.82) is 0 Å². The van der Waals surface area contributed by atoms with Gasteiger partial charge in [-0.3, -0.25) is 0 Å². The smallest absolute Gasteiger partial charge is 0.387 e. The minimum Gasteiger partial charge on any atom is -0.478 e. The summed E-state index contributed by atoms with van der Waals surface area (Å²) in [6.07, 6.45) is 6.06. The largest absolute Gasteiger partial charge is 0.478 e. The van der Waals surface area contributed by atoms with E-state index in [1.54, 1.807) is 24.5 Å². The Bertz CT molecular complexity index is 849. The fraction of sp³-hybridized carbons (Fsp3) is 0.118. The van der Waals surface area contributed by atoms with Gasteiger partial charge in [-0.15, -0.1) is 0 Å². The van der Waals surface area contributed by atoms with Crippen molar-refractivity contribution in [1.82, 2.24) is 15.3 Å². The molecule has 3 rings (SSSR count). The number of carboxylic acid groups (broad SMARTS) is 1. The van der Waals surface area contributed by atoms with Crippen molar-refractivity contribution in [3.63, 3.8) is 0 Å². The lowest BCUT2D eigenvalue weighted by Crippen LogP contribution is -2.22. The molecule has 1 aliphatic heterocycles. The molecular weight excluding hydrogens is 346 g/mol. The highest BCUT2D eigenvalue weighted by Crippen LogP contribution is 2.23. The number of benzene rings is 1. The van der Waals surface area contributed by atoms with Gasteiger partial charge < -0.3 is 20.5 Å². The highest BCUT2D eigenvalue weighted by Gasteiger charge is 2.12. The molecule has 0 amide bonds. The van der Waals surface area contributed by atoms with E-state index < -0.39 is 12.6 Å². The van der Waals surface area contributed by atoms with E-state index in [-0.39, 0.29) is 11.3 Å². The summed E-state index contributed by atoms with van der Waals surface area (Å²) >= 11 is 0. The zero-order chi connectivity index (χ0) is 18.5. The molecule has 0 aliphatic carbocycles. The second kappa shape index (κ2) is 7.60. The molecule has 0 radical (unpaired) electrons. The lowest BCUT2D eigenvalue weighted by Gasteiger charge is -2.14. The number of anilines is 1. The first-order chi connectivity index (χ1) is 12.5. The van der Waals surface area contributed by atoms with E-state index in [2.05, 4.69) is 25.3 Å². The number of nitrogens with one attached hydrogen (secondary N) is 2. The average molecular weight is 360 g/mol. The van der Waals surface area contributed by atoms with Gasteiger partial charge in [0.2, 0.25) is 5.95 Å². The van der Waals surface area contributed by atoms with Gasteiger partial charge in [0.05, 0.1) is 12.1 Å². The summed E-state index contributed by atoms with van der Waals surface area (Å²) in [7, 11) is 0. The first kappa shape index (κ1) is 17.3. The molecule has 0 bridgehead atoms. The summed E-state index contributed by atoms with van der Waals surface area (Å²) in [5.41, 5.74) is 2.18. The summed E-state index contributed by atoms with van der Waals surface area (Å²) in [6.45, 7) is -2.44. The lowest BCUT2D eigenvalue weighted by molar-refractivity contribution is -0.132. The van der Waals surface area contributed by atoms with Crippen molar-refractivity contribution in [3.05, 3.63) is 60.2 Å². The molecular formula is C17H14F2N4O3. The number of ether oxygens (including phenoxy) is 1. The minimum atomic E-state index is -2.87. The molecule has 1 aliphatic rings. The van der Waals surface area contributed by atoms with Gasteiger partial charge in [-0.1, -0.05) is 12.1 Å². The molecule has 0 atom stereocenters. The quantitative estimate of drug-likeness (QED) is 0.729. The van der Waals surface area contributed by atoms with Gasteiger partial charge in [0.1, 0.15) is 5.75 Å². The van der Waals surface area contributed by atoms with Crippen LogP contribution in [0.25, 0.3) is 11.1 Å². The Kier molecular flexibility index (Phi) is 5.07. The van der Waals surface area contributed by atoms with Gasteiger partial charge in [0.15, 0.2) is 0 Å². The van der Waals surface area contributed by atoms with Crippen molar-refractivity contribution in [2.45, 2.75) is 6.61 Å². The number of hydrogen-bond acceptors (Lipinski definition) is 6. The van der Waals surface area contributed by atoms with Crippen molar-refractivity contribution < 1.29 is 23.4 Å². The van der Waals surface area contributed by atoms with Crippen LogP contribution in [0, 0.1) is 0 Å². The van der Waals surface area contributed by atoms with Crippen LogP contribution in [-0.4, -0.2) is 34.2 Å². The number of aliphatic carboxylic acids is 1. The summed E-state index contributed by atoms with van der Waals surface area (Å²) in [5, 5.41) is 14.8. The number of rotatable bonds is 6. The Hall–Kier alpha value is -3.49. The molecule has 0 unspecified atom stereocenters. The third-order valence-electron chi connectivity index (χ3n) is 3.46. The minimum absolute atomic E-state index is 0.0713. The van der Waals surface area contributed by atoms with Crippen LogP contribution < -0.4 is 15.4 Å². The van der Waals surface area contributed by atoms with Gasteiger partial charge in [-0.25, -0.2) is 14.8 Å². The zero-order valence-electron chi connectivity index (χ0n) is 13.3. The number of alkyl halides is 2. The number of nitrogens with zero attached hydrogens (tertiary/aromatic N) is 2. The second-order valence-electron chi connectivity index (χ2n) is 5.28. The SMILES string of the molecule is O=C(O)C1=CNCC(Nc2ncc(-c3ccc(OC(F)F)cc3)cn2)=C1. The van der Waals surface area contributed by atoms with E-state index >= 15 is 0 Å². The van der Waals surface area contributed by atoms with Crippen LogP contribution in [0.5, 0.6) is 5.75 Å². The maximum atomic E-state index is 12.2. The number of carbonyl (C=O) groups is 1. The van der Waals surface area contributed by atoms with Gasteiger partial charge in [0, 0.05) is 29.9 Å². The molecule has 7 nitrogen and oxygen atoms in total. The van der Waals surface area contributed by atoms with E-state index in [1.165, 1.54) is 24.4 Å². The van der Waals surface area contributed by atoms with Crippen LogP contribution in [-0.2, 0) is 4.79 Å². The normalized spacial score (nSPS) is 13.5. The Labute approximate surface area is 147 Å². The van der Waals surface area contributed by atoms with Crippen LogP contribution in [0.1, 0.15) is 0 Å². The summed E-state index contributed by atoms with van der Waals surface area (Å²) in [6, 6.07) is 6.12. The third-order valence-corrected chi connectivity index (χ3v) is 3.46. The number of hydrogen-bond donors (Lipinski definition) is 3.